The minimum atomic E-state index is 0.552. The van der Waals surface area contributed by atoms with Crippen molar-refractivity contribution in [3.05, 3.63) is 47.4 Å². The molecule has 94 valence electrons. The van der Waals surface area contributed by atoms with E-state index in [2.05, 4.69) is 4.90 Å². The highest BCUT2D eigenvalue weighted by molar-refractivity contribution is 6.33. The van der Waals surface area contributed by atoms with Gasteiger partial charge in [0.1, 0.15) is 5.76 Å². The summed E-state index contributed by atoms with van der Waals surface area (Å²) < 4.78 is 5.42. The van der Waals surface area contributed by atoms with Gasteiger partial charge in [-0.2, -0.15) is 0 Å². The molecule has 0 radical (unpaired) electrons. The number of hydrogen-bond acceptors (Lipinski definition) is 3. The van der Waals surface area contributed by atoms with Crippen molar-refractivity contribution in [1.82, 2.24) is 0 Å². The molecule has 2 N–H and O–H groups in total. The van der Waals surface area contributed by atoms with Gasteiger partial charge in [-0.25, -0.2) is 0 Å². The van der Waals surface area contributed by atoms with E-state index in [-0.39, 0.29) is 0 Å². The van der Waals surface area contributed by atoms with Crippen LogP contribution in [0.1, 0.15) is 18.6 Å². The van der Waals surface area contributed by atoms with E-state index in [9.17, 15) is 0 Å². The van der Waals surface area contributed by atoms with Crippen molar-refractivity contribution in [3.8, 4) is 0 Å². The quantitative estimate of drug-likeness (QED) is 0.855. The van der Waals surface area contributed by atoms with Crippen LogP contribution in [0.2, 0.25) is 5.02 Å². The number of furan rings is 1. The van der Waals surface area contributed by atoms with Gasteiger partial charge in [-0.15, -0.1) is 0 Å². The highest BCUT2D eigenvalue weighted by Gasteiger charge is 2.31. The maximum Gasteiger partial charge on any atom is 0.123 e. The molecule has 1 aromatic heterocycles. The van der Waals surface area contributed by atoms with Crippen LogP contribution < -0.4 is 10.6 Å². The van der Waals surface area contributed by atoms with Crippen molar-refractivity contribution >= 4 is 23.0 Å². The Morgan fingerprint density at radius 3 is 2.78 bits per heavy atom. The molecular formula is C14H15ClN2O. The van der Waals surface area contributed by atoms with E-state index in [0.29, 0.717) is 16.8 Å². The molecule has 0 bridgehead atoms. The summed E-state index contributed by atoms with van der Waals surface area (Å²) in [5, 5.41) is 0.609. The van der Waals surface area contributed by atoms with Crippen molar-refractivity contribution in [2.75, 3.05) is 10.6 Å². The van der Waals surface area contributed by atoms with Crippen LogP contribution in [-0.4, -0.2) is 6.04 Å². The van der Waals surface area contributed by atoms with Crippen molar-refractivity contribution in [1.29, 1.82) is 0 Å². The second-order valence-corrected chi connectivity index (χ2v) is 5.02. The van der Waals surface area contributed by atoms with Crippen LogP contribution in [0.3, 0.4) is 0 Å². The van der Waals surface area contributed by atoms with Crippen LogP contribution in [-0.2, 0) is 6.54 Å². The molecule has 0 unspecified atom stereocenters. The lowest BCUT2D eigenvalue weighted by atomic mass is 10.2. The van der Waals surface area contributed by atoms with Crippen molar-refractivity contribution in [3.63, 3.8) is 0 Å². The predicted octanol–water partition coefficient (Wildman–Crippen LogP) is 3.68. The first-order valence-electron chi connectivity index (χ1n) is 6.08. The van der Waals surface area contributed by atoms with E-state index < -0.39 is 0 Å². The molecule has 1 aliphatic carbocycles. The number of nitrogen functional groups attached to an aromatic ring is 1. The summed E-state index contributed by atoms with van der Waals surface area (Å²) in [7, 11) is 0. The summed E-state index contributed by atoms with van der Waals surface area (Å²) in [6.45, 7) is 0.738. The Kier molecular flexibility index (Phi) is 2.92. The van der Waals surface area contributed by atoms with Gasteiger partial charge >= 0.3 is 0 Å². The molecule has 1 heterocycles. The van der Waals surface area contributed by atoms with Crippen LogP contribution >= 0.6 is 11.6 Å². The zero-order chi connectivity index (χ0) is 12.5. The second kappa shape index (κ2) is 4.58. The standard InChI is InChI=1S/C14H15ClN2O/c15-12-4-1-5-13(14(12)16)17(10-6-7-10)9-11-3-2-8-18-11/h1-5,8,10H,6-7,9,16H2. The largest absolute Gasteiger partial charge is 0.467 e. The van der Waals surface area contributed by atoms with E-state index in [1.165, 1.54) is 12.8 Å². The summed E-state index contributed by atoms with van der Waals surface area (Å²) in [6.07, 6.45) is 4.10. The summed E-state index contributed by atoms with van der Waals surface area (Å²) in [6, 6.07) is 10.2. The number of halogens is 1. The number of benzene rings is 1. The lowest BCUT2D eigenvalue weighted by Gasteiger charge is -2.25. The molecule has 0 spiro atoms. The molecule has 1 fully saturated rings. The summed E-state index contributed by atoms with van der Waals surface area (Å²) in [4.78, 5) is 2.28. The van der Waals surface area contributed by atoms with E-state index in [1.807, 2.05) is 30.3 Å². The van der Waals surface area contributed by atoms with Crippen molar-refractivity contribution in [2.24, 2.45) is 0 Å². The normalized spacial score (nSPS) is 14.7. The van der Waals surface area contributed by atoms with Crippen molar-refractivity contribution < 1.29 is 4.42 Å². The summed E-state index contributed by atoms with van der Waals surface area (Å²) >= 11 is 6.09. The van der Waals surface area contributed by atoms with Gasteiger partial charge in [0.15, 0.2) is 0 Å². The average molecular weight is 263 g/mol. The Morgan fingerprint density at radius 2 is 2.11 bits per heavy atom. The fraction of sp³-hybridized carbons (Fsp3) is 0.286. The fourth-order valence-corrected chi connectivity index (χ4v) is 2.31. The zero-order valence-electron chi connectivity index (χ0n) is 9.97. The van der Waals surface area contributed by atoms with Gasteiger partial charge in [0.05, 0.1) is 29.2 Å². The summed E-state index contributed by atoms with van der Waals surface area (Å²) in [5.41, 5.74) is 7.73. The number of para-hydroxylation sites is 1. The molecule has 3 nitrogen and oxygen atoms in total. The van der Waals surface area contributed by atoms with Crippen molar-refractivity contribution in [2.45, 2.75) is 25.4 Å². The lowest BCUT2D eigenvalue weighted by Crippen LogP contribution is -2.25. The Morgan fingerprint density at radius 1 is 1.28 bits per heavy atom. The molecule has 3 rings (SSSR count). The summed E-state index contributed by atoms with van der Waals surface area (Å²) in [5.74, 6) is 0.946. The fourth-order valence-electron chi connectivity index (χ4n) is 2.14. The van der Waals surface area contributed by atoms with E-state index in [4.69, 9.17) is 21.8 Å². The van der Waals surface area contributed by atoms with Crippen LogP contribution in [0.25, 0.3) is 0 Å². The van der Waals surface area contributed by atoms with E-state index in [0.717, 1.165) is 18.0 Å². The van der Waals surface area contributed by atoms with Gasteiger partial charge in [0, 0.05) is 6.04 Å². The van der Waals surface area contributed by atoms with E-state index in [1.54, 1.807) is 6.26 Å². The number of nitrogens with zero attached hydrogens (tertiary/aromatic N) is 1. The highest BCUT2D eigenvalue weighted by Crippen LogP contribution is 2.38. The molecular weight excluding hydrogens is 248 g/mol. The molecule has 1 saturated carbocycles. The molecule has 1 aliphatic rings. The number of nitrogens with two attached hydrogens (primary N) is 1. The third-order valence-corrected chi connectivity index (χ3v) is 3.56. The zero-order valence-corrected chi connectivity index (χ0v) is 10.7. The van der Waals surface area contributed by atoms with Crippen LogP contribution in [0.15, 0.2) is 41.0 Å². The number of hydrogen-bond donors (Lipinski definition) is 1. The van der Waals surface area contributed by atoms with Gasteiger partial charge in [-0.3, -0.25) is 0 Å². The molecule has 2 aromatic rings. The Hall–Kier alpha value is -1.61. The minimum absolute atomic E-state index is 0.552. The highest BCUT2D eigenvalue weighted by atomic mass is 35.5. The number of rotatable bonds is 4. The van der Waals surface area contributed by atoms with Gasteiger partial charge < -0.3 is 15.1 Å². The van der Waals surface area contributed by atoms with Gasteiger partial charge in [0.2, 0.25) is 0 Å². The number of anilines is 2. The Balaban J connectivity index is 1.91. The smallest absolute Gasteiger partial charge is 0.123 e. The maximum atomic E-state index is 6.09. The third kappa shape index (κ3) is 2.18. The lowest BCUT2D eigenvalue weighted by molar-refractivity contribution is 0.501. The molecule has 0 amide bonds. The monoisotopic (exact) mass is 262 g/mol. The Bertz CT molecular complexity index is 535. The van der Waals surface area contributed by atoms with E-state index >= 15 is 0 Å². The molecule has 0 aliphatic heterocycles. The predicted molar refractivity (Wildman–Crippen MR) is 73.8 cm³/mol. The molecule has 0 atom stereocenters. The van der Waals surface area contributed by atoms with Gasteiger partial charge in [-0.1, -0.05) is 17.7 Å². The second-order valence-electron chi connectivity index (χ2n) is 4.61. The maximum absolute atomic E-state index is 6.09. The minimum Gasteiger partial charge on any atom is -0.467 e. The topological polar surface area (TPSA) is 42.4 Å². The Labute approximate surface area is 111 Å². The average Bonchev–Trinajstić information content (AvgIpc) is 3.08. The van der Waals surface area contributed by atoms with Gasteiger partial charge in [-0.05, 0) is 37.1 Å². The van der Waals surface area contributed by atoms with Crippen LogP contribution in [0, 0.1) is 0 Å². The molecule has 1 aromatic carbocycles. The SMILES string of the molecule is Nc1c(Cl)cccc1N(Cc1ccco1)C1CC1. The first kappa shape index (κ1) is 11.5. The first-order valence-corrected chi connectivity index (χ1v) is 6.46. The molecule has 4 heteroatoms. The molecule has 0 saturated heterocycles. The van der Waals surface area contributed by atoms with Crippen LogP contribution in [0.5, 0.6) is 0 Å². The van der Waals surface area contributed by atoms with Crippen LogP contribution in [0.4, 0.5) is 11.4 Å². The van der Waals surface area contributed by atoms with Gasteiger partial charge in [0.25, 0.3) is 0 Å². The molecule has 18 heavy (non-hydrogen) atoms. The third-order valence-electron chi connectivity index (χ3n) is 3.23. The first-order chi connectivity index (χ1) is 8.75.